The second kappa shape index (κ2) is 5.65. The first-order valence-corrected chi connectivity index (χ1v) is 9.88. The minimum atomic E-state index is -0.581. The molecule has 1 aliphatic heterocycles. The Hall–Kier alpha value is -2.19. The van der Waals surface area contributed by atoms with Gasteiger partial charge in [-0.2, -0.15) is 5.10 Å². The molecule has 7 nitrogen and oxygen atoms in total. The molecule has 4 N–H and O–H groups in total. The number of thiophene rings is 1. The zero-order valence-electron chi connectivity index (χ0n) is 16.0. The van der Waals surface area contributed by atoms with Crippen molar-refractivity contribution in [1.29, 1.82) is 0 Å². The molecule has 0 saturated heterocycles. The number of primary amides is 2. The third-order valence-electron chi connectivity index (χ3n) is 5.09. The van der Waals surface area contributed by atoms with Crippen molar-refractivity contribution in [2.45, 2.75) is 64.1 Å². The number of nitrogens with two attached hydrogens (primary N) is 2. The molecule has 3 heterocycles. The van der Waals surface area contributed by atoms with Crippen LogP contribution < -0.4 is 11.5 Å². The van der Waals surface area contributed by atoms with Crippen molar-refractivity contribution in [1.82, 2.24) is 9.78 Å². The number of ether oxygens (including phenoxy) is 1. The average molecular weight is 388 g/mol. The van der Waals surface area contributed by atoms with Gasteiger partial charge in [0.1, 0.15) is 5.00 Å². The summed E-state index contributed by atoms with van der Waals surface area (Å²) in [5.41, 5.74) is 12.8. The molecule has 1 aliphatic carbocycles. The standard InChI is InChI=1S/C19H24N4O3S/c1-18(2)8-10-13(16(21)25)17(27-14(10)19(3,4)26-18)23-12(9-5-6-9)7-11(22-23)15(20)24/h7,9H,5-6,8H2,1-4H3,(H2,20,24)(H2,21,25). The zero-order chi connectivity index (χ0) is 19.7. The van der Waals surface area contributed by atoms with Gasteiger partial charge >= 0.3 is 0 Å². The third kappa shape index (κ3) is 2.96. The number of rotatable bonds is 4. The Kier molecular flexibility index (Phi) is 3.81. The Bertz CT molecular complexity index is 966. The number of amides is 2. The van der Waals surface area contributed by atoms with Gasteiger partial charge in [0.05, 0.1) is 16.8 Å². The Morgan fingerprint density at radius 3 is 2.44 bits per heavy atom. The summed E-state index contributed by atoms with van der Waals surface area (Å²) in [6.07, 6.45) is 2.65. The Labute approximate surface area is 161 Å². The van der Waals surface area contributed by atoms with Gasteiger partial charge in [0.25, 0.3) is 11.8 Å². The van der Waals surface area contributed by atoms with E-state index in [2.05, 4.69) is 5.10 Å². The highest BCUT2D eigenvalue weighted by Gasteiger charge is 2.43. The van der Waals surface area contributed by atoms with E-state index in [1.54, 1.807) is 10.7 Å². The van der Waals surface area contributed by atoms with E-state index in [0.717, 1.165) is 29.0 Å². The molecular formula is C19H24N4O3S. The molecule has 4 rings (SSSR count). The summed E-state index contributed by atoms with van der Waals surface area (Å²) >= 11 is 1.46. The molecule has 2 amide bonds. The van der Waals surface area contributed by atoms with Crippen LogP contribution in [0.5, 0.6) is 0 Å². The lowest BCUT2D eigenvalue weighted by molar-refractivity contribution is -0.135. The second-order valence-electron chi connectivity index (χ2n) is 8.51. The van der Waals surface area contributed by atoms with Crippen molar-refractivity contribution in [3.8, 4) is 5.00 Å². The molecule has 144 valence electrons. The summed E-state index contributed by atoms with van der Waals surface area (Å²) in [4.78, 5) is 25.1. The van der Waals surface area contributed by atoms with E-state index in [4.69, 9.17) is 16.2 Å². The quantitative estimate of drug-likeness (QED) is 0.838. The van der Waals surface area contributed by atoms with Gasteiger partial charge in [0.2, 0.25) is 0 Å². The number of fused-ring (bicyclic) bond motifs is 1. The fraction of sp³-hybridized carbons (Fsp3) is 0.526. The molecule has 8 heteroatoms. The normalized spacial score (nSPS) is 20.3. The van der Waals surface area contributed by atoms with Crippen LogP contribution in [0.1, 0.15) is 83.4 Å². The SMILES string of the molecule is CC1(C)Cc2c(sc(-n3nc(C(N)=O)cc3C3CC3)c2C(N)=O)C(C)(C)O1. The van der Waals surface area contributed by atoms with Gasteiger partial charge in [0.15, 0.2) is 5.69 Å². The minimum absolute atomic E-state index is 0.203. The van der Waals surface area contributed by atoms with Crippen LogP contribution in [-0.2, 0) is 16.8 Å². The van der Waals surface area contributed by atoms with Crippen molar-refractivity contribution in [2.75, 3.05) is 0 Å². The molecule has 0 spiro atoms. The van der Waals surface area contributed by atoms with Crippen molar-refractivity contribution in [3.63, 3.8) is 0 Å². The molecule has 0 unspecified atom stereocenters. The largest absolute Gasteiger partial charge is 0.365 e. The first-order valence-electron chi connectivity index (χ1n) is 9.06. The smallest absolute Gasteiger partial charge is 0.269 e. The van der Waals surface area contributed by atoms with E-state index in [9.17, 15) is 9.59 Å². The molecule has 1 fully saturated rings. The lowest BCUT2D eigenvalue weighted by Crippen LogP contribution is -2.42. The lowest BCUT2D eigenvalue weighted by Gasteiger charge is -2.41. The molecule has 2 aliphatic rings. The van der Waals surface area contributed by atoms with Crippen LogP contribution in [0.2, 0.25) is 0 Å². The fourth-order valence-electron chi connectivity index (χ4n) is 4.06. The predicted octanol–water partition coefficient (Wildman–Crippen LogP) is 2.60. The lowest BCUT2D eigenvalue weighted by atomic mass is 9.86. The summed E-state index contributed by atoms with van der Waals surface area (Å²) in [6, 6.07) is 1.73. The highest BCUT2D eigenvalue weighted by molar-refractivity contribution is 7.15. The van der Waals surface area contributed by atoms with Crippen LogP contribution in [-0.4, -0.2) is 27.2 Å². The molecule has 1 saturated carbocycles. The van der Waals surface area contributed by atoms with Crippen LogP contribution >= 0.6 is 11.3 Å². The van der Waals surface area contributed by atoms with Crippen LogP contribution in [0.15, 0.2) is 6.07 Å². The Morgan fingerprint density at radius 1 is 1.22 bits per heavy atom. The van der Waals surface area contributed by atoms with E-state index < -0.39 is 23.0 Å². The van der Waals surface area contributed by atoms with Gasteiger partial charge in [-0.25, -0.2) is 4.68 Å². The molecule has 0 atom stereocenters. The Morgan fingerprint density at radius 2 is 1.89 bits per heavy atom. The summed E-state index contributed by atoms with van der Waals surface area (Å²) < 4.78 is 7.96. The number of carbonyl (C=O) groups is 2. The van der Waals surface area contributed by atoms with E-state index in [1.807, 2.05) is 27.7 Å². The second-order valence-corrected chi connectivity index (χ2v) is 9.51. The first-order chi connectivity index (χ1) is 12.5. The Balaban J connectivity index is 1.97. The van der Waals surface area contributed by atoms with Crippen LogP contribution in [0, 0.1) is 0 Å². The number of hydrogen-bond acceptors (Lipinski definition) is 5. The number of hydrogen-bond donors (Lipinski definition) is 2. The molecule has 2 aromatic heterocycles. The van der Waals surface area contributed by atoms with Crippen LogP contribution in [0.4, 0.5) is 0 Å². The molecule has 0 aromatic carbocycles. The van der Waals surface area contributed by atoms with Crippen molar-refractivity contribution >= 4 is 23.2 Å². The van der Waals surface area contributed by atoms with Gasteiger partial charge in [-0.15, -0.1) is 11.3 Å². The van der Waals surface area contributed by atoms with Gasteiger partial charge in [0, 0.05) is 22.9 Å². The van der Waals surface area contributed by atoms with Crippen molar-refractivity contribution in [3.05, 3.63) is 33.5 Å². The summed E-state index contributed by atoms with van der Waals surface area (Å²) in [7, 11) is 0. The number of carbonyl (C=O) groups excluding carboxylic acids is 2. The maximum Gasteiger partial charge on any atom is 0.269 e. The minimum Gasteiger partial charge on any atom is -0.365 e. The first kappa shape index (κ1) is 18.2. The van der Waals surface area contributed by atoms with Crippen molar-refractivity contribution in [2.24, 2.45) is 11.5 Å². The predicted molar refractivity (Wildman–Crippen MR) is 102 cm³/mol. The van der Waals surface area contributed by atoms with Crippen LogP contribution in [0.25, 0.3) is 5.00 Å². The van der Waals surface area contributed by atoms with Crippen molar-refractivity contribution < 1.29 is 14.3 Å². The third-order valence-corrected chi connectivity index (χ3v) is 6.61. The summed E-state index contributed by atoms with van der Waals surface area (Å²) in [6.45, 7) is 8.01. The summed E-state index contributed by atoms with van der Waals surface area (Å²) in [5.74, 6) is -0.748. The fourth-order valence-corrected chi connectivity index (χ4v) is 5.39. The monoisotopic (exact) mass is 388 g/mol. The average Bonchev–Trinajstić information content (AvgIpc) is 3.13. The van der Waals surface area contributed by atoms with E-state index in [0.29, 0.717) is 22.9 Å². The highest BCUT2D eigenvalue weighted by Crippen LogP contribution is 2.49. The number of nitrogens with zero attached hydrogens (tertiary/aromatic N) is 2. The molecular weight excluding hydrogens is 364 g/mol. The topological polar surface area (TPSA) is 113 Å². The van der Waals surface area contributed by atoms with Gasteiger partial charge in [-0.05, 0) is 52.2 Å². The van der Waals surface area contributed by atoms with E-state index in [-0.39, 0.29) is 5.69 Å². The zero-order valence-corrected chi connectivity index (χ0v) is 16.8. The number of aromatic nitrogens is 2. The van der Waals surface area contributed by atoms with Crippen LogP contribution in [0.3, 0.4) is 0 Å². The van der Waals surface area contributed by atoms with E-state index in [1.165, 1.54) is 11.3 Å². The highest BCUT2D eigenvalue weighted by atomic mass is 32.1. The molecule has 2 aromatic rings. The van der Waals surface area contributed by atoms with Gasteiger partial charge in [-0.3, -0.25) is 9.59 Å². The van der Waals surface area contributed by atoms with Gasteiger partial charge in [-0.1, -0.05) is 0 Å². The summed E-state index contributed by atoms with van der Waals surface area (Å²) in [5, 5.41) is 5.07. The molecule has 0 radical (unpaired) electrons. The van der Waals surface area contributed by atoms with E-state index >= 15 is 0 Å². The molecule has 0 bridgehead atoms. The molecule has 27 heavy (non-hydrogen) atoms. The van der Waals surface area contributed by atoms with Gasteiger partial charge < -0.3 is 16.2 Å². The maximum atomic E-state index is 12.4. The maximum absolute atomic E-state index is 12.4.